The fourth-order valence-corrected chi connectivity index (χ4v) is 1.89. The maximum atomic E-state index is 11.1. The summed E-state index contributed by atoms with van der Waals surface area (Å²) < 4.78 is 5.20. The second-order valence-corrected chi connectivity index (χ2v) is 4.03. The Morgan fingerprint density at radius 3 is 2.89 bits per heavy atom. The van der Waals surface area contributed by atoms with Gasteiger partial charge in [-0.1, -0.05) is 0 Å². The standard InChI is InChI=1S/C11H12N4O3/c1-15(9-6-18-5-8(9)11(16)17)10-4-13-7(2-12)3-14-10/h3-4,8-9H,5-6H2,1H3,(H,16,17). The molecule has 1 fully saturated rings. The van der Waals surface area contributed by atoms with Crippen LogP contribution in [0.4, 0.5) is 5.82 Å². The lowest BCUT2D eigenvalue weighted by Crippen LogP contribution is -2.41. The molecule has 7 heteroatoms. The van der Waals surface area contributed by atoms with E-state index in [1.807, 2.05) is 6.07 Å². The predicted molar refractivity (Wildman–Crippen MR) is 60.9 cm³/mol. The molecule has 2 heterocycles. The van der Waals surface area contributed by atoms with E-state index in [0.29, 0.717) is 12.4 Å². The Morgan fingerprint density at radius 2 is 2.33 bits per heavy atom. The highest BCUT2D eigenvalue weighted by atomic mass is 16.5. The van der Waals surface area contributed by atoms with Crippen LogP contribution in [0.15, 0.2) is 12.4 Å². The zero-order valence-electron chi connectivity index (χ0n) is 9.78. The number of aromatic nitrogens is 2. The number of carboxylic acids is 1. The van der Waals surface area contributed by atoms with Gasteiger partial charge < -0.3 is 14.7 Å². The summed E-state index contributed by atoms with van der Waals surface area (Å²) in [6, 6.07) is 1.61. The summed E-state index contributed by atoms with van der Waals surface area (Å²) in [5.41, 5.74) is 0.226. The smallest absolute Gasteiger partial charge is 0.311 e. The Labute approximate surface area is 104 Å². The van der Waals surface area contributed by atoms with E-state index in [4.69, 9.17) is 15.1 Å². The van der Waals surface area contributed by atoms with Crippen molar-refractivity contribution >= 4 is 11.8 Å². The first-order valence-corrected chi connectivity index (χ1v) is 5.39. The Kier molecular flexibility index (Phi) is 3.39. The number of ether oxygens (including phenoxy) is 1. The number of likely N-dealkylation sites (N-methyl/N-ethyl adjacent to an activating group) is 1. The summed E-state index contributed by atoms with van der Waals surface area (Å²) in [6.45, 7) is 0.545. The number of carboxylic acid groups (broad SMARTS) is 1. The van der Waals surface area contributed by atoms with Crippen LogP contribution in [-0.2, 0) is 9.53 Å². The third kappa shape index (κ3) is 2.24. The van der Waals surface area contributed by atoms with Gasteiger partial charge in [-0.3, -0.25) is 4.79 Å². The van der Waals surface area contributed by atoms with Gasteiger partial charge in [0, 0.05) is 7.05 Å². The van der Waals surface area contributed by atoms with Crippen LogP contribution in [0.2, 0.25) is 0 Å². The summed E-state index contributed by atoms with van der Waals surface area (Å²) >= 11 is 0. The molecule has 94 valence electrons. The molecule has 1 aromatic heterocycles. The van der Waals surface area contributed by atoms with Gasteiger partial charge in [0.2, 0.25) is 0 Å². The first-order valence-electron chi connectivity index (χ1n) is 5.39. The summed E-state index contributed by atoms with van der Waals surface area (Å²) in [4.78, 5) is 20.8. The van der Waals surface area contributed by atoms with Crippen LogP contribution in [0.25, 0.3) is 0 Å². The van der Waals surface area contributed by atoms with Crippen molar-refractivity contribution in [2.75, 3.05) is 25.2 Å². The lowest BCUT2D eigenvalue weighted by molar-refractivity contribution is -0.141. The highest BCUT2D eigenvalue weighted by Crippen LogP contribution is 2.22. The van der Waals surface area contributed by atoms with E-state index < -0.39 is 11.9 Å². The maximum Gasteiger partial charge on any atom is 0.311 e. The number of aliphatic carboxylic acids is 1. The van der Waals surface area contributed by atoms with E-state index in [1.54, 1.807) is 11.9 Å². The van der Waals surface area contributed by atoms with E-state index in [9.17, 15) is 4.79 Å². The van der Waals surface area contributed by atoms with E-state index in [-0.39, 0.29) is 18.3 Å². The summed E-state index contributed by atoms with van der Waals surface area (Å²) in [5.74, 6) is -0.936. The monoisotopic (exact) mass is 248 g/mol. The lowest BCUT2D eigenvalue weighted by Gasteiger charge is -2.26. The molecular formula is C11H12N4O3. The minimum Gasteiger partial charge on any atom is -0.481 e. The molecule has 2 atom stereocenters. The van der Waals surface area contributed by atoms with Gasteiger partial charge in [-0.2, -0.15) is 5.26 Å². The van der Waals surface area contributed by atoms with E-state index >= 15 is 0 Å². The molecule has 1 N–H and O–H groups in total. The quantitative estimate of drug-likeness (QED) is 0.796. The fourth-order valence-electron chi connectivity index (χ4n) is 1.89. The van der Waals surface area contributed by atoms with Crippen LogP contribution in [0, 0.1) is 17.2 Å². The zero-order chi connectivity index (χ0) is 13.1. The van der Waals surface area contributed by atoms with E-state index in [2.05, 4.69) is 9.97 Å². The van der Waals surface area contributed by atoms with Gasteiger partial charge in [-0.25, -0.2) is 9.97 Å². The minimum atomic E-state index is -0.883. The molecule has 0 saturated carbocycles. The molecule has 1 aromatic rings. The topological polar surface area (TPSA) is 99.3 Å². The molecule has 2 unspecified atom stereocenters. The van der Waals surface area contributed by atoms with Crippen LogP contribution in [-0.4, -0.2) is 47.3 Å². The molecule has 0 aliphatic carbocycles. The van der Waals surface area contributed by atoms with E-state index in [0.717, 1.165) is 0 Å². The second kappa shape index (κ2) is 4.98. The number of nitrogens with zero attached hydrogens (tertiary/aromatic N) is 4. The van der Waals surface area contributed by atoms with Gasteiger partial charge in [0.05, 0.1) is 31.6 Å². The van der Waals surface area contributed by atoms with Crippen molar-refractivity contribution in [3.8, 4) is 6.07 Å². The van der Waals surface area contributed by atoms with Gasteiger partial charge >= 0.3 is 5.97 Å². The molecule has 0 bridgehead atoms. The molecule has 2 rings (SSSR count). The molecule has 0 amide bonds. The molecule has 1 aliphatic rings. The zero-order valence-corrected chi connectivity index (χ0v) is 9.78. The van der Waals surface area contributed by atoms with Crippen LogP contribution in [0.5, 0.6) is 0 Å². The molecule has 18 heavy (non-hydrogen) atoms. The molecule has 7 nitrogen and oxygen atoms in total. The molecule has 0 radical (unpaired) electrons. The Hall–Kier alpha value is -2.20. The second-order valence-electron chi connectivity index (χ2n) is 4.03. The lowest BCUT2D eigenvalue weighted by atomic mass is 10.0. The van der Waals surface area contributed by atoms with Gasteiger partial charge in [0.25, 0.3) is 0 Å². The minimum absolute atomic E-state index is 0.202. The van der Waals surface area contributed by atoms with Crippen molar-refractivity contribution in [2.45, 2.75) is 6.04 Å². The number of nitriles is 1. The highest BCUT2D eigenvalue weighted by molar-refractivity contribution is 5.72. The first kappa shape index (κ1) is 12.3. The van der Waals surface area contributed by atoms with Gasteiger partial charge in [0.1, 0.15) is 17.8 Å². The number of hydrogen-bond acceptors (Lipinski definition) is 6. The van der Waals surface area contributed by atoms with E-state index in [1.165, 1.54) is 12.4 Å². The van der Waals surface area contributed by atoms with Crippen LogP contribution < -0.4 is 4.90 Å². The molecular weight excluding hydrogens is 236 g/mol. The van der Waals surface area contributed by atoms with Gasteiger partial charge in [-0.05, 0) is 0 Å². The Bertz CT molecular complexity index is 482. The average Bonchev–Trinajstić information content (AvgIpc) is 2.87. The van der Waals surface area contributed by atoms with Crippen LogP contribution in [0.3, 0.4) is 0 Å². The summed E-state index contributed by atoms with van der Waals surface area (Å²) in [7, 11) is 1.74. The normalized spacial score (nSPS) is 22.4. The SMILES string of the molecule is CN(c1cnc(C#N)cn1)C1COCC1C(=O)O. The fraction of sp³-hybridized carbons (Fsp3) is 0.455. The van der Waals surface area contributed by atoms with Crippen molar-refractivity contribution < 1.29 is 14.6 Å². The number of rotatable bonds is 3. The van der Waals surface area contributed by atoms with Crippen molar-refractivity contribution in [2.24, 2.45) is 5.92 Å². The number of anilines is 1. The third-order valence-corrected chi connectivity index (χ3v) is 2.98. The molecule has 1 saturated heterocycles. The summed E-state index contributed by atoms with van der Waals surface area (Å²) in [5, 5.41) is 17.7. The third-order valence-electron chi connectivity index (χ3n) is 2.98. The average molecular weight is 248 g/mol. The largest absolute Gasteiger partial charge is 0.481 e. The Morgan fingerprint density at radius 1 is 1.56 bits per heavy atom. The molecule has 0 spiro atoms. The van der Waals surface area contributed by atoms with Crippen molar-refractivity contribution in [3.63, 3.8) is 0 Å². The van der Waals surface area contributed by atoms with Crippen molar-refractivity contribution in [1.82, 2.24) is 9.97 Å². The predicted octanol–water partition coefficient (Wildman–Crippen LogP) is -0.116. The van der Waals surface area contributed by atoms with Crippen LogP contribution >= 0.6 is 0 Å². The van der Waals surface area contributed by atoms with Crippen molar-refractivity contribution in [3.05, 3.63) is 18.1 Å². The number of carbonyl (C=O) groups is 1. The highest BCUT2D eigenvalue weighted by Gasteiger charge is 2.37. The van der Waals surface area contributed by atoms with Crippen LogP contribution in [0.1, 0.15) is 5.69 Å². The summed E-state index contributed by atoms with van der Waals surface area (Å²) in [6.07, 6.45) is 2.81. The molecule has 1 aliphatic heterocycles. The Balaban J connectivity index is 2.17. The van der Waals surface area contributed by atoms with Gasteiger partial charge in [0.15, 0.2) is 5.69 Å². The molecule has 0 aromatic carbocycles. The van der Waals surface area contributed by atoms with Crippen molar-refractivity contribution in [1.29, 1.82) is 5.26 Å². The number of hydrogen-bond donors (Lipinski definition) is 1. The van der Waals surface area contributed by atoms with Gasteiger partial charge in [-0.15, -0.1) is 0 Å². The maximum absolute atomic E-state index is 11.1. The first-order chi connectivity index (χ1) is 8.63.